The SMILES string of the molecule is CCc1nn(CC)c(CC2CCCCC2O)c1Br. The van der Waals surface area contributed by atoms with Gasteiger partial charge in [-0.1, -0.05) is 19.8 Å². The largest absolute Gasteiger partial charge is 0.393 e. The van der Waals surface area contributed by atoms with Gasteiger partial charge in [0.15, 0.2) is 0 Å². The molecule has 2 atom stereocenters. The van der Waals surface area contributed by atoms with Crippen LogP contribution in [0.3, 0.4) is 0 Å². The van der Waals surface area contributed by atoms with Gasteiger partial charge in [-0.2, -0.15) is 5.10 Å². The van der Waals surface area contributed by atoms with Gasteiger partial charge in [0, 0.05) is 6.54 Å². The molecule has 0 aromatic carbocycles. The molecule has 102 valence electrons. The molecule has 1 aliphatic carbocycles. The van der Waals surface area contributed by atoms with E-state index in [2.05, 4.69) is 39.6 Å². The third-order valence-corrected chi connectivity index (χ3v) is 4.93. The Hall–Kier alpha value is -0.350. The summed E-state index contributed by atoms with van der Waals surface area (Å²) < 4.78 is 3.24. The lowest BCUT2D eigenvalue weighted by Gasteiger charge is -2.27. The molecule has 18 heavy (non-hydrogen) atoms. The predicted molar refractivity (Wildman–Crippen MR) is 76.6 cm³/mol. The van der Waals surface area contributed by atoms with Crippen LogP contribution in [0, 0.1) is 5.92 Å². The lowest BCUT2D eigenvalue weighted by Crippen LogP contribution is -2.27. The van der Waals surface area contributed by atoms with Crippen molar-refractivity contribution in [2.45, 2.75) is 65.0 Å². The van der Waals surface area contributed by atoms with Crippen molar-refractivity contribution in [3.05, 3.63) is 15.9 Å². The Morgan fingerprint density at radius 2 is 2.06 bits per heavy atom. The van der Waals surface area contributed by atoms with E-state index in [1.165, 1.54) is 18.5 Å². The quantitative estimate of drug-likeness (QED) is 0.925. The van der Waals surface area contributed by atoms with Crippen LogP contribution in [-0.2, 0) is 19.4 Å². The Morgan fingerprint density at radius 3 is 2.67 bits per heavy atom. The van der Waals surface area contributed by atoms with E-state index < -0.39 is 0 Å². The van der Waals surface area contributed by atoms with Gasteiger partial charge in [0.1, 0.15) is 0 Å². The highest BCUT2D eigenvalue weighted by Crippen LogP contribution is 2.31. The summed E-state index contributed by atoms with van der Waals surface area (Å²) >= 11 is 3.68. The van der Waals surface area contributed by atoms with Crippen LogP contribution in [0.2, 0.25) is 0 Å². The van der Waals surface area contributed by atoms with Crippen molar-refractivity contribution in [2.24, 2.45) is 5.92 Å². The average molecular weight is 315 g/mol. The number of aliphatic hydroxyl groups excluding tert-OH is 1. The Bertz CT molecular complexity index is 403. The molecular formula is C14H23BrN2O. The number of aliphatic hydroxyl groups is 1. The first-order valence-corrected chi connectivity index (χ1v) is 7.88. The van der Waals surface area contributed by atoms with Gasteiger partial charge in [-0.05, 0) is 54.5 Å². The summed E-state index contributed by atoms with van der Waals surface area (Å²) in [7, 11) is 0. The number of aromatic nitrogens is 2. The van der Waals surface area contributed by atoms with Crippen LogP contribution in [0.1, 0.15) is 50.9 Å². The number of halogens is 1. The maximum atomic E-state index is 10.1. The summed E-state index contributed by atoms with van der Waals surface area (Å²) in [5.74, 6) is 0.404. The summed E-state index contributed by atoms with van der Waals surface area (Å²) in [6.07, 6.45) is 6.30. The van der Waals surface area contributed by atoms with Gasteiger partial charge in [0.25, 0.3) is 0 Å². The highest BCUT2D eigenvalue weighted by Gasteiger charge is 2.26. The van der Waals surface area contributed by atoms with Crippen molar-refractivity contribution < 1.29 is 5.11 Å². The molecule has 1 heterocycles. The molecule has 3 nitrogen and oxygen atoms in total. The number of hydrogen-bond acceptors (Lipinski definition) is 2. The van der Waals surface area contributed by atoms with Crippen LogP contribution in [-0.4, -0.2) is 21.0 Å². The topological polar surface area (TPSA) is 38.0 Å². The lowest BCUT2D eigenvalue weighted by atomic mass is 9.83. The van der Waals surface area contributed by atoms with Crippen molar-refractivity contribution in [3.8, 4) is 0 Å². The monoisotopic (exact) mass is 314 g/mol. The summed E-state index contributed by atoms with van der Waals surface area (Å²) in [4.78, 5) is 0. The number of aryl methyl sites for hydroxylation is 2. The molecule has 1 fully saturated rings. The molecule has 0 saturated heterocycles. The van der Waals surface area contributed by atoms with Gasteiger partial charge in [0.2, 0.25) is 0 Å². The van der Waals surface area contributed by atoms with Crippen LogP contribution in [0.25, 0.3) is 0 Å². The summed E-state index contributed by atoms with van der Waals surface area (Å²) in [5.41, 5.74) is 2.40. The molecule has 1 aliphatic rings. The molecule has 0 spiro atoms. The van der Waals surface area contributed by atoms with E-state index in [0.717, 1.165) is 42.4 Å². The minimum Gasteiger partial charge on any atom is -0.393 e. The fourth-order valence-corrected chi connectivity index (χ4v) is 3.61. The summed E-state index contributed by atoms with van der Waals surface area (Å²) in [5, 5.41) is 14.7. The number of nitrogens with zero attached hydrogens (tertiary/aromatic N) is 2. The fourth-order valence-electron chi connectivity index (χ4n) is 2.89. The van der Waals surface area contributed by atoms with E-state index in [4.69, 9.17) is 0 Å². The average Bonchev–Trinajstić information content (AvgIpc) is 2.69. The first kappa shape index (κ1) is 14.1. The molecule has 4 heteroatoms. The molecule has 1 aromatic rings. The second kappa shape index (κ2) is 6.20. The zero-order valence-electron chi connectivity index (χ0n) is 11.3. The standard InChI is InChI=1S/C14H23BrN2O/c1-3-11-14(15)12(17(4-2)16-11)9-10-7-5-6-8-13(10)18/h10,13,18H,3-9H2,1-2H3. The second-order valence-corrected chi connectivity index (χ2v) is 5.99. The fraction of sp³-hybridized carbons (Fsp3) is 0.786. The normalized spacial score (nSPS) is 24.4. The molecule has 0 amide bonds. The molecule has 0 radical (unpaired) electrons. The molecule has 0 aliphatic heterocycles. The lowest BCUT2D eigenvalue weighted by molar-refractivity contribution is 0.0689. The maximum absolute atomic E-state index is 10.1. The van der Waals surface area contributed by atoms with E-state index in [9.17, 15) is 5.11 Å². The van der Waals surface area contributed by atoms with E-state index in [1.807, 2.05) is 0 Å². The highest BCUT2D eigenvalue weighted by molar-refractivity contribution is 9.10. The molecule has 1 saturated carbocycles. The van der Waals surface area contributed by atoms with Crippen molar-refractivity contribution >= 4 is 15.9 Å². The minimum atomic E-state index is -0.129. The first-order chi connectivity index (χ1) is 8.67. The van der Waals surface area contributed by atoms with Crippen molar-refractivity contribution in [3.63, 3.8) is 0 Å². The molecule has 0 bridgehead atoms. The predicted octanol–water partition coefficient (Wildman–Crippen LogP) is 3.32. The van der Waals surface area contributed by atoms with Crippen molar-refractivity contribution in [1.29, 1.82) is 0 Å². The van der Waals surface area contributed by atoms with Gasteiger partial charge < -0.3 is 5.11 Å². The van der Waals surface area contributed by atoms with Gasteiger partial charge >= 0.3 is 0 Å². The number of rotatable bonds is 4. The van der Waals surface area contributed by atoms with Crippen molar-refractivity contribution in [2.75, 3.05) is 0 Å². The number of hydrogen-bond donors (Lipinski definition) is 1. The van der Waals surface area contributed by atoms with Gasteiger partial charge in [0.05, 0.1) is 22.0 Å². The maximum Gasteiger partial charge on any atom is 0.0766 e. The van der Waals surface area contributed by atoms with Gasteiger partial charge in [-0.15, -0.1) is 0 Å². The third-order valence-electron chi connectivity index (χ3n) is 4.02. The van der Waals surface area contributed by atoms with Crippen LogP contribution in [0.4, 0.5) is 0 Å². The third kappa shape index (κ3) is 2.80. The Labute approximate surface area is 118 Å². The molecule has 2 unspecified atom stereocenters. The molecule has 1 N–H and O–H groups in total. The van der Waals surface area contributed by atoms with Gasteiger partial charge in [-0.25, -0.2) is 0 Å². The summed E-state index contributed by atoms with van der Waals surface area (Å²) in [6.45, 7) is 5.16. The second-order valence-electron chi connectivity index (χ2n) is 5.19. The summed E-state index contributed by atoms with van der Waals surface area (Å²) in [6, 6.07) is 0. The van der Waals surface area contributed by atoms with Gasteiger partial charge in [-0.3, -0.25) is 4.68 Å². The van der Waals surface area contributed by atoms with Crippen LogP contribution in [0.15, 0.2) is 4.47 Å². The van der Waals surface area contributed by atoms with E-state index in [1.54, 1.807) is 0 Å². The van der Waals surface area contributed by atoms with Crippen molar-refractivity contribution in [1.82, 2.24) is 9.78 Å². The molecule has 2 rings (SSSR count). The van der Waals surface area contributed by atoms with E-state index >= 15 is 0 Å². The minimum absolute atomic E-state index is 0.129. The first-order valence-electron chi connectivity index (χ1n) is 7.09. The van der Waals surface area contributed by atoms with E-state index in [-0.39, 0.29) is 6.10 Å². The highest BCUT2D eigenvalue weighted by atomic mass is 79.9. The molecular weight excluding hydrogens is 292 g/mol. The Balaban J connectivity index is 2.19. The van der Waals surface area contributed by atoms with E-state index in [0.29, 0.717) is 5.92 Å². The zero-order valence-corrected chi connectivity index (χ0v) is 12.9. The van der Waals surface area contributed by atoms with Crippen LogP contribution in [0.5, 0.6) is 0 Å². The zero-order chi connectivity index (χ0) is 13.1. The molecule has 1 aromatic heterocycles. The Kier molecular flexibility index (Phi) is 4.84. The van der Waals surface area contributed by atoms with Crippen LogP contribution < -0.4 is 0 Å². The van der Waals surface area contributed by atoms with Crippen LogP contribution >= 0.6 is 15.9 Å². The Morgan fingerprint density at radius 1 is 1.33 bits per heavy atom. The smallest absolute Gasteiger partial charge is 0.0766 e.